The van der Waals surface area contributed by atoms with E-state index >= 15 is 0 Å². The van der Waals surface area contributed by atoms with Gasteiger partial charge in [-0.2, -0.15) is 0 Å². The van der Waals surface area contributed by atoms with E-state index in [-0.39, 0.29) is 34.8 Å². The van der Waals surface area contributed by atoms with Crippen LogP contribution in [0.2, 0.25) is 0 Å². The summed E-state index contributed by atoms with van der Waals surface area (Å²) in [6, 6.07) is 0.519. The van der Waals surface area contributed by atoms with Crippen molar-refractivity contribution in [3.8, 4) is 0 Å². The van der Waals surface area contributed by atoms with E-state index in [1.807, 2.05) is 32.9 Å². The molecule has 2 atom stereocenters. The average Bonchev–Trinajstić information content (AvgIpc) is 3.02. The molecule has 0 heterocycles. The summed E-state index contributed by atoms with van der Waals surface area (Å²) >= 11 is 0. The minimum atomic E-state index is -1.27. The maximum atomic E-state index is 13.9. The maximum Gasteiger partial charge on any atom is 0.310 e. The molecule has 126 valence electrons. The third-order valence-electron chi connectivity index (χ3n) is 4.66. The molecule has 0 radical (unpaired) electrons. The number of carbonyl (C=O) groups is 1. The molecule has 2 nitrogen and oxygen atoms in total. The number of benzene rings is 1. The Morgan fingerprint density at radius 1 is 1.26 bits per heavy atom. The van der Waals surface area contributed by atoms with Crippen LogP contribution in [0.15, 0.2) is 18.2 Å². The standard InChI is InChI=1S/C18H21F3O2/c1-5-7-12-15(18(12,3)4)17(22)23-9-11-10(6-2)13(19)8-14(20)16(11)21/h5,7-8,12,15H,6,9H2,1-4H3/b7-5-/t12-,15+/m1/s1. The molecular formula is C18H21F3O2. The molecule has 1 aromatic rings. The molecule has 0 saturated heterocycles. The van der Waals surface area contributed by atoms with Crippen molar-refractivity contribution in [3.05, 3.63) is 46.8 Å². The first-order valence-electron chi connectivity index (χ1n) is 7.70. The quantitative estimate of drug-likeness (QED) is 0.450. The van der Waals surface area contributed by atoms with E-state index in [1.165, 1.54) is 0 Å². The normalized spacial score (nSPS) is 22.4. The van der Waals surface area contributed by atoms with Crippen LogP contribution in [0.4, 0.5) is 13.2 Å². The molecule has 23 heavy (non-hydrogen) atoms. The fourth-order valence-corrected chi connectivity index (χ4v) is 3.14. The highest BCUT2D eigenvalue weighted by Crippen LogP contribution is 2.59. The first-order chi connectivity index (χ1) is 10.8. The summed E-state index contributed by atoms with van der Waals surface area (Å²) in [6.07, 6.45) is 3.99. The van der Waals surface area contributed by atoms with Gasteiger partial charge < -0.3 is 4.74 Å². The van der Waals surface area contributed by atoms with Gasteiger partial charge in [0, 0.05) is 11.6 Å². The van der Waals surface area contributed by atoms with E-state index in [2.05, 4.69) is 0 Å². The van der Waals surface area contributed by atoms with Crippen molar-refractivity contribution in [2.24, 2.45) is 17.3 Å². The van der Waals surface area contributed by atoms with E-state index < -0.39 is 30.0 Å². The Hall–Kier alpha value is -1.78. The third kappa shape index (κ3) is 3.14. The molecular weight excluding hydrogens is 305 g/mol. The Labute approximate surface area is 134 Å². The average molecular weight is 326 g/mol. The lowest BCUT2D eigenvalue weighted by atomic mass is 10.0. The minimum absolute atomic E-state index is 0.0387. The molecule has 0 bridgehead atoms. The second-order valence-electron chi connectivity index (χ2n) is 6.42. The monoisotopic (exact) mass is 326 g/mol. The minimum Gasteiger partial charge on any atom is -0.460 e. The van der Waals surface area contributed by atoms with E-state index in [9.17, 15) is 18.0 Å². The predicted molar refractivity (Wildman–Crippen MR) is 81.1 cm³/mol. The van der Waals surface area contributed by atoms with Crippen molar-refractivity contribution < 1.29 is 22.7 Å². The van der Waals surface area contributed by atoms with Gasteiger partial charge in [-0.15, -0.1) is 0 Å². The lowest BCUT2D eigenvalue weighted by Crippen LogP contribution is -2.13. The lowest BCUT2D eigenvalue weighted by molar-refractivity contribution is -0.147. The molecule has 1 aliphatic carbocycles. The molecule has 0 aromatic heterocycles. The third-order valence-corrected chi connectivity index (χ3v) is 4.66. The Kier molecular flexibility index (Phi) is 4.87. The molecule has 1 fully saturated rings. The molecule has 5 heteroatoms. The SMILES string of the molecule is C/C=C\[C@@H]1[C@@H](C(=O)OCc2c(F)c(F)cc(F)c2CC)C1(C)C. The lowest BCUT2D eigenvalue weighted by Gasteiger charge is -2.12. The smallest absolute Gasteiger partial charge is 0.310 e. The topological polar surface area (TPSA) is 26.3 Å². The first-order valence-corrected chi connectivity index (χ1v) is 7.70. The van der Waals surface area contributed by atoms with Gasteiger partial charge in [0.05, 0.1) is 5.92 Å². The number of hydrogen-bond acceptors (Lipinski definition) is 2. The van der Waals surface area contributed by atoms with Gasteiger partial charge in [-0.25, -0.2) is 13.2 Å². The number of ether oxygens (including phenoxy) is 1. The fraction of sp³-hybridized carbons (Fsp3) is 0.500. The Balaban J connectivity index is 2.15. The summed E-state index contributed by atoms with van der Waals surface area (Å²) in [5, 5.41) is 0. The second-order valence-corrected chi connectivity index (χ2v) is 6.42. The van der Waals surface area contributed by atoms with Crippen molar-refractivity contribution in [2.45, 2.75) is 40.7 Å². The highest BCUT2D eigenvalue weighted by Gasteiger charge is 2.61. The van der Waals surface area contributed by atoms with Crippen LogP contribution < -0.4 is 0 Å². The molecule has 0 spiro atoms. The van der Waals surface area contributed by atoms with Gasteiger partial charge in [0.25, 0.3) is 0 Å². The highest BCUT2D eigenvalue weighted by molar-refractivity contribution is 5.78. The Morgan fingerprint density at radius 2 is 1.91 bits per heavy atom. The van der Waals surface area contributed by atoms with Crippen molar-refractivity contribution in [3.63, 3.8) is 0 Å². The fourth-order valence-electron chi connectivity index (χ4n) is 3.14. The predicted octanol–water partition coefficient (Wildman–Crippen LogP) is 4.56. The van der Waals surface area contributed by atoms with Crippen LogP contribution in [-0.4, -0.2) is 5.97 Å². The zero-order valence-corrected chi connectivity index (χ0v) is 13.8. The molecule has 1 aromatic carbocycles. The second kappa shape index (κ2) is 6.38. The molecule has 1 aliphatic rings. The van der Waals surface area contributed by atoms with Crippen LogP contribution >= 0.6 is 0 Å². The highest BCUT2D eigenvalue weighted by atomic mass is 19.2. The number of hydrogen-bond donors (Lipinski definition) is 0. The summed E-state index contributed by atoms with van der Waals surface area (Å²) in [7, 11) is 0. The van der Waals surface area contributed by atoms with Gasteiger partial charge in [-0.05, 0) is 30.2 Å². The van der Waals surface area contributed by atoms with Crippen molar-refractivity contribution in [1.82, 2.24) is 0 Å². The van der Waals surface area contributed by atoms with Crippen LogP contribution in [0.3, 0.4) is 0 Å². The summed E-state index contributed by atoms with van der Waals surface area (Å²) in [6.45, 7) is 6.94. The number of rotatable bonds is 5. The zero-order chi connectivity index (χ0) is 17.4. The molecule has 0 unspecified atom stereocenters. The van der Waals surface area contributed by atoms with Crippen LogP contribution in [0.25, 0.3) is 0 Å². The van der Waals surface area contributed by atoms with Gasteiger partial charge in [-0.1, -0.05) is 32.9 Å². The number of carbonyl (C=O) groups excluding carboxylic acids is 1. The number of esters is 1. The van der Waals surface area contributed by atoms with Crippen LogP contribution in [0, 0.1) is 34.7 Å². The van der Waals surface area contributed by atoms with Gasteiger partial charge in [0.2, 0.25) is 0 Å². The Morgan fingerprint density at radius 3 is 2.48 bits per heavy atom. The largest absolute Gasteiger partial charge is 0.460 e. The summed E-state index contributed by atoms with van der Waals surface area (Å²) < 4.78 is 46.1. The van der Waals surface area contributed by atoms with Gasteiger partial charge >= 0.3 is 5.97 Å². The van der Waals surface area contributed by atoms with Gasteiger partial charge in [0.15, 0.2) is 11.6 Å². The van der Waals surface area contributed by atoms with Crippen molar-refractivity contribution in [1.29, 1.82) is 0 Å². The molecule has 0 N–H and O–H groups in total. The molecule has 0 aliphatic heterocycles. The van der Waals surface area contributed by atoms with E-state index in [1.54, 1.807) is 6.92 Å². The van der Waals surface area contributed by atoms with E-state index in [0.29, 0.717) is 6.07 Å². The molecule has 0 amide bonds. The molecule has 2 rings (SSSR count). The van der Waals surface area contributed by atoms with Crippen molar-refractivity contribution >= 4 is 5.97 Å². The van der Waals surface area contributed by atoms with Crippen LogP contribution in [-0.2, 0) is 22.6 Å². The summed E-state index contributed by atoms with van der Waals surface area (Å²) in [5.74, 6) is -3.97. The van der Waals surface area contributed by atoms with E-state index in [0.717, 1.165) is 0 Å². The van der Waals surface area contributed by atoms with Crippen LogP contribution in [0.5, 0.6) is 0 Å². The number of halogens is 3. The summed E-state index contributed by atoms with van der Waals surface area (Å²) in [4.78, 5) is 12.2. The van der Waals surface area contributed by atoms with Crippen molar-refractivity contribution in [2.75, 3.05) is 0 Å². The maximum absolute atomic E-state index is 13.9. The van der Waals surface area contributed by atoms with Crippen LogP contribution in [0.1, 0.15) is 38.8 Å². The Bertz CT molecular complexity index is 650. The zero-order valence-electron chi connectivity index (χ0n) is 13.8. The van der Waals surface area contributed by atoms with Gasteiger partial charge in [-0.3, -0.25) is 4.79 Å². The van der Waals surface area contributed by atoms with Gasteiger partial charge in [0.1, 0.15) is 12.4 Å². The first kappa shape index (κ1) is 17.6. The number of allylic oxidation sites excluding steroid dienone is 2. The molecule has 1 saturated carbocycles. The summed E-state index contributed by atoms with van der Waals surface area (Å²) in [5.41, 5.74) is -0.403. The van der Waals surface area contributed by atoms with E-state index in [4.69, 9.17) is 4.74 Å².